The first-order valence-electron chi connectivity index (χ1n) is 14.0. The van der Waals surface area contributed by atoms with Gasteiger partial charge in [-0.2, -0.15) is 9.65 Å². The van der Waals surface area contributed by atoms with E-state index in [-0.39, 0.29) is 28.7 Å². The number of thiol groups is 1. The molecule has 6 rings (SSSR count). The van der Waals surface area contributed by atoms with Gasteiger partial charge in [0.25, 0.3) is 0 Å². The molecule has 1 aliphatic heterocycles. The third kappa shape index (κ3) is 6.95. The molecule has 3 heterocycles. The summed E-state index contributed by atoms with van der Waals surface area (Å²) in [6.07, 6.45) is 5.24. The van der Waals surface area contributed by atoms with E-state index in [1.807, 2.05) is 0 Å². The van der Waals surface area contributed by atoms with Crippen LogP contribution in [0.2, 0.25) is 0 Å². The minimum atomic E-state index is -2.83. The van der Waals surface area contributed by atoms with Gasteiger partial charge < -0.3 is 11.3 Å². The number of likely N-dealkylation sites (tertiary alicyclic amines) is 1. The Labute approximate surface area is 259 Å². The maximum absolute atomic E-state index is 14.9. The van der Waals surface area contributed by atoms with Crippen LogP contribution in [0.25, 0.3) is 16.4 Å². The van der Waals surface area contributed by atoms with Crippen molar-refractivity contribution in [3.05, 3.63) is 81.5 Å². The summed E-state index contributed by atoms with van der Waals surface area (Å²) in [4.78, 5) is 17.8. The summed E-state index contributed by atoms with van der Waals surface area (Å²) in [5, 5.41) is 16.2. The SMILES string of the molecule is N.O=C(O)c1csc(-n2nc(-c3ccc(F)c(C#CCN4CCCC4)c3)c(Cc3ccc([SH+](=O)O)c(F)c3)c2CC2CC2)n1. The van der Waals surface area contributed by atoms with E-state index in [1.165, 1.54) is 23.6 Å². The molecule has 1 saturated heterocycles. The number of hydrogen-bond acceptors (Lipinski definition) is 7. The second-order valence-corrected chi connectivity index (χ2v) is 12.7. The molecule has 1 saturated carbocycles. The monoisotopic (exact) mass is 640 g/mol. The fourth-order valence-corrected chi connectivity index (χ4v) is 6.52. The van der Waals surface area contributed by atoms with Crippen molar-refractivity contribution in [3.63, 3.8) is 0 Å². The predicted molar refractivity (Wildman–Crippen MR) is 165 cm³/mol. The third-order valence-electron chi connectivity index (χ3n) is 7.72. The Morgan fingerprint density at radius 3 is 2.55 bits per heavy atom. The van der Waals surface area contributed by atoms with Gasteiger partial charge in [-0.05, 0) is 87.0 Å². The molecule has 1 unspecified atom stereocenters. The molecule has 5 N–H and O–H groups in total. The van der Waals surface area contributed by atoms with Crippen molar-refractivity contribution >= 4 is 28.4 Å². The Morgan fingerprint density at radius 2 is 1.89 bits per heavy atom. The van der Waals surface area contributed by atoms with E-state index in [2.05, 4.69) is 21.7 Å². The molecule has 4 aromatic rings. The van der Waals surface area contributed by atoms with Gasteiger partial charge in [-0.25, -0.2) is 23.2 Å². The first-order valence-corrected chi connectivity index (χ1v) is 16.1. The predicted octanol–water partition coefficient (Wildman–Crippen LogP) is 5.65. The molecule has 0 amide bonds. The van der Waals surface area contributed by atoms with Crippen LogP contribution in [0.15, 0.2) is 46.7 Å². The molecule has 2 aliphatic rings. The molecular weight excluding hydrogens is 609 g/mol. The Hall–Kier alpha value is -3.80. The highest BCUT2D eigenvalue weighted by molar-refractivity contribution is 7.79. The summed E-state index contributed by atoms with van der Waals surface area (Å²) in [7, 11) is 0. The van der Waals surface area contributed by atoms with E-state index in [1.54, 1.807) is 22.9 Å². The number of hydrogen-bond donors (Lipinski definition) is 3. The van der Waals surface area contributed by atoms with Crippen LogP contribution in [0.4, 0.5) is 8.78 Å². The van der Waals surface area contributed by atoms with Crippen LogP contribution < -0.4 is 6.15 Å². The lowest BCUT2D eigenvalue weighted by Gasteiger charge is -2.09. The molecule has 230 valence electrons. The van der Waals surface area contributed by atoms with Crippen molar-refractivity contribution in [2.75, 3.05) is 19.6 Å². The van der Waals surface area contributed by atoms with E-state index in [9.17, 15) is 27.4 Å². The van der Waals surface area contributed by atoms with E-state index in [0.717, 1.165) is 61.4 Å². The quantitative estimate of drug-likeness (QED) is 0.121. The Balaban J connectivity index is 0.00000384. The molecule has 2 fully saturated rings. The minimum absolute atomic E-state index is 0. The van der Waals surface area contributed by atoms with Gasteiger partial charge in [-0.1, -0.05) is 22.1 Å². The van der Waals surface area contributed by atoms with Crippen LogP contribution in [-0.2, 0) is 28.1 Å². The number of aromatic carboxylic acids is 1. The summed E-state index contributed by atoms with van der Waals surface area (Å²) >= 11 is -1.68. The fourth-order valence-electron chi connectivity index (χ4n) is 5.30. The van der Waals surface area contributed by atoms with Gasteiger partial charge in [-0.15, -0.1) is 11.3 Å². The molecule has 44 heavy (non-hydrogen) atoms. The number of aromatic nitrogens is 3. The van der Waals surface area contributed by atoms with E-state index >= 15 is 0 Å². The topological polar surface area (TPSA) is 144 Å². The zero-order valence-corrected chi connectivity index (χ0v) is 25.5. The summed E-state index contributed by atoms with van der Waals surface area (Å²) in [6, 6.07) is 8.80. The van der Waals surface area contributed by atoms with Gasteiger partial charge >= 0.3 is 5.97 Å². The zero-order valence-electron chi connectivity index (χ0n) is 23.8. The molecule has 9 nitrogen and oxygen atoms in total. The van der Waals surface area contributed by atoms with Crippen LogP contribution in [0.3, 0.4) is 0 Å². The largest absolute Gasteiger partial charge is 0.476 e. The van der Waals surface area contributed by atoms with Crippen LogP contribution in [0.5, 0.6) is 0 Å². The highest BCUT2D eigenvalue weighted by atomic mass is 32.2. The first-order chi connectivity index (χ1) is 20.8. The fraction of sp³-hybridized carbons (Fsp3) is 0.323. The molecule has 0 spiro atoms. The number of nitrogens with zero attached hydrogens (tertiary/aromatic N) is 4. The van der Waals surface area contributed by atoms with Gasteiger partial charge in [-0.3, -0.25) is 4.90 Å². The van der Waals surface area contributed by atoms with Crippen molar-refractivity contribution in [1.82, 2.24) is 25.8 Å². The van der Waals surface area contributed by atoms with Crippen molar-refractivity contribution in [3.8, 4) is 28.2 Å². The summed E-state index contributed by atoms with van der Waals surface area (Å²) in [5.74, 6) is 4.11. The van der Waals surface area contributed by atoms with Crippen molar-refractivity contribution in [2.45, 2.75) is 43.4 Å². The highest BCUT2D eigenvalue weighted by Gasteiger charge is 2.30. The molecule has 1 aliphatic carbocycles. The normalized spacial score (nSPS) is 15.4. The number of benzene rings is 2. The van der Waals surface area contributed by atoms with Gasteiger partial charge in [0.2, 0.25) is 21.1 Å². The van der Waals surface area contributed by atoms with E-state index < -0.39 is 28.7 Å². The summed E-state index contributed by atoms with van der Waals surface area (Å²) in [6.45, 7) is 2.53. The third-order valence-corrected chi connectivity index (χ3v) is 9.32. The molecule has 13 heteroatoms. The van der Waals surface area contributed by atoms with E-state index in [4.69, 9.17) is 5.10 Å². The molecule has 1 atom stereocenters. The maximum Gasteiger partial charge on any atom is 0.355 e. The van der Waals surface area contributed by atoms with Gasteiger partial charge in [0.05, 0.1) is 23.5 Å². The van der Waals surface area contributed by atoms with Gasteiger partial charge in [0, 0.05) is 22.9 Å². The molecule has 2 aromatic carbocycles. The smallest absolute Gasteiger partial charge is 0.355 e. The Kier molecular flexibility index (Phi) is 9.67. The van der Waals surface area contributed by atoms with Crippen LogP contribution in [0.1, 0.15) is 58.6 Å². The second-order valence-electron chi connectivity index (χ2n) is 10.9. The van der Waals surface area contributed by atoms with Crippen LogP contribution in [0, 0.1) is 29.4 Å². The lowest BCUT2D eigenvalue weighted by Crippen LogP contribution is -2.18. The number of carboxylic acids is 1. The molecule has 0 radical (unpaired) electrons. The molecule has 0 bridgehead atoms. The molecular formula is C31H32F2N5O4S2+. The maximum atomic E-state index is 14.9. The number of halogens is 2. The van der Waals surface area contributed by atoms with Crippen LogP contribution in [-0.4, -0.2) is 54.9 Å². The zero-order chi connectivity index (χ0) is 30.1. The summed E-state index contributed by atoms with van der Waals surface area (Å²) < 4.78 is 52.3. The van der Waals surface area contributed by atoms with Crippen molar-refractivity contribution < 1.29 is 27.4 Å². The lowest BCUT2D eigenvalue weighted by atomic mass is 9.96. The minimum Gasteiger partial charge on any atom is -0.476 e. The number of rotatable bonds is 9. The number of carbonyl (C=O) groups is 1. The number of thiazole rings is 1. The van der Waals surface area contributed by atoms with Gasteiger partial charge in [0.15, 0.2) is 11.5 Å². The van der Waals surface area contributed by atoms with Crippen LogP contribution >= 0.6 is 11.3 Å². The van der Waals surface area contributed by atoms with E-state index in [0.29, 0.717) is 40.8 Å². The second kappa shape index (κ2) is 13.5. The summed E-state index contributed by atoms with van der Waals surface area (Å²) in [5.41, 5.74) is 3.43. The average molecular weight is 641 g/mol. The number of carboxylic acid groups (broad SMARTS) is 1. The highest BCUT2D eigenvalue weighted by Crippen LogP contribution is 2.38. The van der Waals surface area contributed by atoms with Crippen molar-refractivity contribution in [1.29, 1.82) is 0 Å². The van der Waals surface area contributed by atoms with Crippen molar-refractivity contribution in [2.24, 2.45) is 5.92 Å². The van der Waals surface area contributed by atoms with Gasteiger partial charge in [0.1, 0.15) is 5.82 Å². The lowest BCUT2D eigenvalue weighted by molar-refractivity contribution is 0.0691. The Bertz CT molecular complexity index is 1790. The average Bonchev–Trinajstić information content (AvgIpc) is 3.32. The Morgan fingerprint density at radius 1 is 1.11 bits per heavy atom. The standard InChI is InChI=1S/C31H28F2N4O4S2.H3N/c32-24-9-8-22(17-21(24)4-3-13-36-11-1-2-12-36)29-23(14-20-7-10-28(43(40)41)25(33)15-20)27(16-19-5-6-19)37(35-29)31-34-26(18-42-31)30(38)39;/h7-10,15,17-19H,1-2,5-6,11-14,16H2,(H,38,39)(H,40,41);1H3/p+1. The first kappa shape index (κ1) is 31.6. The molecule has 2 aromatic heterocycles.